The van der Waals surface area contributed by atoms with Crippen molar-refractivity contribution in [1.82, 2.24) is 5.32 Å². The van der Waals surface area contributed by atoms with E-state index in [-0.39, 0.29) is 6.61 Å². The van der Waals surface area contributed by atoms with Crippen LogP contribution < -0.4 is 5.32 Å². The number of benzene rings is 1. The lowest BCUT2D eigenvalue weighted by molar-refractivity contribution is -0.301. The second kappa shape index (κ2) is 8.10. The Balaban J connectivity index is 2.13. The summed E-state index contributed by atoms with van der Waals surface area (Å²) in [5.41, 5.74) is 1.73. The van der Waals surface area contributed by atoms with Crippen molar-refractivity contribution in [2.75, 3.05) is 13.1 Å². The highest BCUT2D eigenvalue weighted by atomic mass is 17.2. The van der Waals surface area contributed by atoms with Crippen LogP contribution in [-0.4, -0.2) is 29.8 Å². The highest BCUT2D eigenvalue weighted by Crippen LogP contribution is 2.33. The zero-order valence-corrected chi connectivity index (χ0v) is 15.1. The van der Waals surface area contributed by atoms with Gasteiger partial charge in [0.25, 0.3) is 0 Å². The third-order valence-corrected chi connectivity index (χ3v) is 4.50. The van der Waals surface area contributed by atoms with Crippen LogP contribution in [-0.2, 0) is 16.4 Å². The van der Waals surface area contributed by atoms with E-state index in [0.717, 1.165) is 37.1 Å². The second-order valence-electron chi connectivity index (χ2n) is 7.51. The largest absolute Gasteiger partial charge is 0.392 e. The van der Waals surface area contributed by atoms with Gasteiger partial charge in [0.05, 0.1) is 12.2 Å². The molecule has 0 bridgehead atoms. The van der Waals surface area contributed by atoms with Gasteiger partial charge in [0.2, 0.25) is 0 Å². The summed E-state index contributed by atoms with van der Waals surface area (Å²) in [6, 6.07) is 5.40. The van der Waals surface area contributed by atoms with E-state index in [9.17, 15) is 9.90 Å². The first-order chi connectivity index (χ1) is 11.3. The minimum absolute atomic E-state index is 0.0914. The van der Waals surface area contributed by atoms with E-state index in [0.29, 0.717) is 17.4 Å². The van der Waals surface area contributed by atoms with Crippen LogP contribution in [0.4, 0.5) is 0 Å². The smallest absolute Gasteiger partial charge is 0.373 e. The molecule has 24 heavy (non-hydrogen) atoms. The van der Waals surface area contributed by atoms with Gasteiger partial charge in [-0.3, -0.25) is 4.89 Å². The SMILES string of the molecule is CC(c1ccc(C(=O)OOC(C)(C)C)cc1CO)C1CCNCC1. The van der Waals surface area contributed by atoms with E-state index >= 15 is 0 Å². The normalized spacial score (nSPS) is 17.5. The number of carbonyl (C=O) groups excluding carboxylic acids is 1. The van der Waals surface area contributed by atoms with Crippen LogP contribution in [0.3, 0.4) is 0 Å². The first kappa shape index (κ1) is 18.9. The number of nitrogens with one attached hydrogen (secondary N) is 1. The summed E-state index contributed by atoms with van der Waals surface area (Å²) in [6.07, 6.45) is 2.27. The van der Waals surface area contributed by atoms with Gasteiger partial charge in [0.1, 0.15) is 5.60 Å². The van der Waals surface area contributed by atoms with Gasteiger partial charge in [-0.05, 0) is 81.8 Å². The molecule has 2 N–H and O–H groups in total. The molecule has 1 aromatic carbocycles. The van der Waals surface area contributed by atoms with Crippen molar-refractivity contribution in [2.45, 2.75) is 58.7 Å². The van der Waals surface area contributed by atoms with E-state index in [2.05, 4.69) is 12.2 Å². The molecule has 1 aromatic rings. The standard InChI is InChI=1S/C19H29NO4/c1-13(14-7-9-20-10-8-14)17-6-5-15(11-16(17)12-21)18(22)23-24-19(2,3)4/h5-6,11,13-14,20-21H,7-10,12H2,1-4H3. The molecule has 0 radical (unpaired) electrons. The van der Waals surface area contributed by atoms with Gasteiger partial charge in [0.15, 0.2) is 0 Å². The molecular formula is C19H29NO4. The lowest BCUT2D eigenvalue weighted by atomic mass is 9.80. The van der Waals surface area contributed by atoms with Crippen molar-refractivity contribution >= 4 is 5.97 Å². The minimum Gasteiger partial charge on any atom is -0.392 e. The van der Waals surface area contributed by atoms with Crippen LogP contribution in [0.25, 0.3) is 0 Å². The van der Waals surface area contributed by atoms with E-state index in [1.165, 1.54) is 0 Å². The summed E-state index contributed by atoms with van der Waals surface area (Å²) in [6.45, 7) is 9.61. The van der Waals surface area contributed by atoms with Crippen LogP contribution in [0.15, 0.2) is 18.2 Å². The number of aliphatic hydroxyl groups excluding tert-OH is 1. The maximum absolute atomic E-state index is 12.1. The second-order valence-corrected chi connectivity index (χ2v) is 7.51. The average Bonchev–Trinajstić information content (AvgIpc) is 2.58. The fraction of sp³-hybridized carbons (Fsp3) is 0.632. The van der Waals surface area contributed by atoms with Gasteiger partial charge in [0, 0.05) is 0 Å². The van der Waals surface area contributed by atoms with Crippen LogP contribution in [0, 0.1) is 5.92 Å². The Hall–Kier alpha value is -1.43. The first-order valence-electron chi connectivity index (χ1n) is 8.66. The average molecular weight is 335 g/mol. The van der Waals surface area contributed by atoms with Crippen molar-refractivity contribution in [1.29, 1.82) is 0 Å². The zero-order chi connectivity index (χ0) is 17.7. The topological polar surface area (TPSA) is 67.8 Å². The highest BCUT2D eigenvalue weighted by Gasteiger charge is 2.24. The molecule has 5 nitrogen and oxygen atoms in total. The van der Waals surface area contributed by atoms with Gasteiger partial charge in [-0.1, -0.05) is 13.0 Å². The van der Waals surface area contributed by atoms with Crippen molar-refractivity contribution < 1.29 is 19.7 Å². The van der Waals surface area contributed by atoms with Gasteiger partial charge in [-0.2, -0.15) is 4.89 Å². The third-order valence-electron chi connectivity index (χ3n) is 4.50. The lowest BCUT2D eigenvalue weighted by Gasteiger charge is -2.29. The van der Waals surface area contributed by atoms with Gasteiger partial charge < -0.3 is 10.4 Å². The third kappa shape index (κ3) is 5.03. The number of carbonyl (C=O) groups is 1. The summed E-state index contributed by atoms with van der Waals surface area (Å²) in [7, 11) is 0. The van der Waals surface area contributed by atoms with E-state index in [1.54, 1.807) is 12.1 Å². The molecule has 1 aliphatic rings. The summed E-state index contributed by atoms with van der Waals surface area (Å²) in [4.78, 5) is 22.1. The summed E-state index contributed by atoms with van der Waals surface area (Å²) in [5, 5.41) is 13.1. The predicted octanol–water partition coefficient (Wildman–Crippen LogP) is 3.17. The van der Waals surface area contributed by atoms with Crippen LogP contribution in [0.1, 0.15) is 67.9 Å². The molecule has 1 saturated heterocycles. The molecule has 2 rings (SSSR count). The maximum Gasteiger partial charge on any atom is 0.373 e. The van der Waals surface area contributed by atoms with E-state index in [4.69, 9.17) is 9.78 Å². The molecule has 1 atom stereocenters. The molecule has 0 saturated carbocycles. The number of rotatable bonds is 5. The van der Waals surface area contributed by atoms with Gasteiger partial charge >= 0.3 is 5.97 Å². The van der Waals surface area contributed by atoms with Crippen LogP contribution in [0.2, 0.25) is 0 Å². The lowest BCUT2D eigenvalue weighted by Crippen LogP contribution is -2.30. The highest BCUT2D eigenvalue weighted by molar-refractivity contribution is 5.89. The molecule has 0 spiro atoms. The molecule has 5 heteroatoms. The van der Waals surface area contributed by atoms with Crippen LogP contribution in [0.5, 0.6) is 0 Å². The molecule has 1 fully saturated rings. The Morgan fingerprint density at radius 1 is 1.33 bits per heavy atom. The zero-order valence-electron chi connectivity index (χ0n) is 15.1. The number of hydrogen-bond donors (Lipinski definition) is 2. The fourth-order valence-corrected chi connectivity index (χ4v) is 3.12. The molecule has 1 aliphatic heterocycles. The Morgan fingerprint density at radius 3 is 2.58 bits per heavy atom. The summed E-state index contributed by atoms with van der Waals surface area (Å²) in [5.74, 6) is 0.407. The van der Waals surface area contributed by atoms with Gasteiger partial charge in [-0.15, -0.1) is 0 Å². The molecule has 134 valence electrons. The van der Waals surface area contributed by atoms with Crippen molar-refractivity contribution in [3.8, 4) is 0 Å². The monoisotopic (exact) mass is 335 g/mol. The number of aliphatic hydroxyl groups is 1. The number of hydrogen-bond acceptors (Lipinski definition) is 5. The molecule has 0 amide bonds. The predicted molar refractivity (Wildman–Crippen MR) is 92.6 cm³/mol. The van der Waals surface area contributed by atoms with Crippen molar-refractivity contribution in [2.24, 2.45) is 5.92 Å². The number of piperidine rings is 1. The van der Waals surface area contributed by atoms with E-state index < -0.39 is 11.6 Å². The van der Waals surface area contributed by atoms with Crippen molar-refractivity contribution in [3.05, 3.63) is 34.9 Å². The van der Waals surface area contributed by atoms with Gasteiger partial charge in [-0.25, -0.2) is 4.79 Å². The minimum atomic E-state index is -0.557. The maximum atomic E-state index is 12.1. The molecule has 0 aromatic heterocycles. The summed E-state index contributed by atoms with van der Waals surface area (Å²) < 4.78 is 0. The molecular weight excluding hydrogens is 306 g/mol. The quantitative estimate of drug-likeness (QED) is 0.639. The Bertz CT molecular complexity index is 559. The Labute approximate surface area is 144 Å². The van der Waals surface area contributed by atoms with E-state index in [1.807, 2.05) is 26.8 Å². The Kier molecular flexibility index (Phi) is 6.38. The summed E-state index contributed by atoms with van der Waals surface area (Å²) >= 11 is 0. The molecule has 1 heterocycles. The van der Waals surface area contributed by atoms with Crippen molar-refractivity contribution in [3.63, 3.8) is 0 Å². The van der Waals surface area contributed by atoms with Crippen LogP contribution >= 0.6 is 0 Å². The molecule has 1 unspecified atom stereocenters. The Morgan fingerprint density at radius 2 is 2.00 bits per heavy atom. The first-order valence-corrected chi connectivity index (χ1v) is 8.66. The fourth-order valence-electron chi connectivity index (χ4n) is 3.12. The molecule has 0 aliphatic carbocycles.